The maximum atomic E-state index is 12.3. The van der Waals surface area contributed by atoms with Crippen molar-refractivity contribution in [3.63, 3.8) is 0 Å². The van der Waals surface area contributed by atoms with Crippen LogP contribution in [0.5, 0.6) is 0 Å². The van der Waals surface area contributed by atoms with E-state index >= 15 is 0 Å². The van der Waals surface area contributed by atoms with Crippen molar-refractivity contribution < 1.29 is 19.1 Å². The normalized spacial score (nSPS) is 28.0. The third-order valence-electron chi connectivity index (χ3n) is 7.68. The fraction of sp³-hybridized carbons (Fsp3) is 0.643. The highest BCUT2D eigenvalue weighted by atomic mass is 16.6. The standard InChI is InChI=1S/C28H42N2O4/c1-6-25(31)33-27(24-12-9-8-10-13-24)15-18-30(19-16-27)17-11-14-28(34-26(32)7-2)20-23(4)29(5)21-22(28)3/h8-14,22-23H,6-7,15-21H2,1-5H3/b14-11-. The van der Waals surface area contributed by atoms with Crippen molar-refractivity contribution in [3.8, 4) is 0 Å². The highest BCUT2D eigenvalue weighted by Gasteiger charge is 2.44. The van der Waals surface area contributed by atoms with Gasteiger partial charge in [0.15, 0.2) is 0 Å². The van der Waals surface area contributed by atoms with Crippen LogP contribution in [0, 0.1) is 5.92 Å². The number of piperidine rings is 2. The first kappa shape index (κ1) is 26.4. The Balaban J connectivity index is 1.68. The van der Waals surface area contributed by atoms with Crippen LogP contribution >= 0.6 is 0 Å². The van der Waals surface area contributed by atoms with Crippen LogP contribution in [-0.2, 0) is 24.7 Å². The fourth-order valence-corrected chi connectivity index (χ4v) is 5.26. The molecule has 0 N–H and O–H groups in total. The molecule has 1 aromatic rings. The van der Waals surface area contributed by atoms with E-state index in [1.54, 1.807) is 0 Å². The third-order valence-corrected chi connectivity index (χ3v) is 7.68. The van der Waals surface area contributed by atoms with Crippen LogP contribution in [0.1, 0.15) is 65.4 Å². The van der Waals surface area contributed by atoms with Crippen molar-refractivity contribution in [2.45, 2.75) is 77.0 Å². The molecular weight excluding hydrogens is 428 g/mol. The third kappa shape index (κ3) is 6.08. The molecule has 188 valence electrons. The summed E-state index contributed by atoms with van der Waals surface area (Å²) >= 11 is 0. The second kappa shape index (κ2) is 11.5. The number of hydrogen-bond donors (Lipinski definition) is 0. The maximum absolute atomic E-state index is 12.3. The molecule has 6 nitrogen and oxygen atoms in total. The van der Waals surface area contributed by atoms with Gasteiger partial charge in [-0.2, -0.15) is 0 Å². The Morgan fingerprint density at radius 1 is 1.03 bits per heavy atom. The number of rotatable bonds is 8. The van der Waals surface area contributed by atoms with E-state index in [1.807, 2.05) is 32.0 Å². The van der Waals surface area contributed by atoms with Crippen LogP contribution in [0.15, 0.2) is 42.5 Å². The topological polar surface area (TPSA) is 59.1 Å². The average Bonchev–Trinajstić information content (AvgIpc) is 2.84. The van der Waals surface area contributed by atoms with Crippen molar-refractivity contribution in [3.05, 3.63) is 48.0 Å². The van der Waals surface area contributed by atoms with Crippen molar-refractivity contribution >= 4 is 11.9 Å². The molecule has 0 radical (unpaired) electrons. The Labute approximate surface area is 205 Å². The van der Waals surface area contributed by atoms with E-state index in [9.17, 15) is 9.59 Å². The Kier molecular flexibility index (Phi) is 8.94. The highest BCUT2D eigenvalue weighted by molar-refractivity contribution is 5.70. The zero-order valence-corrected chi connectivity index (χ0v) is 21.6. The molecule has 0 aliphatic carbocycles. The molecule has 2 aliphatic rings. The predicted octanol–water partition coefficient (Wildman–Crippen LogP) is 4.54. The number of nitrogens with zero attached hydrogens (tertiary/aromatic N) is 2. The van der Waals surface area contributed by atoms with Gasteiger partial charge in [0.05, 0.1) is 0 Å². The van der Waals surface area contributed by atoms with Crippen LogP contribution in [0.2, 0.25) is 0 Å². The summed E-state index contributed by atoms with van der Waals surface area (Å²) in [5.74, 6) is -0.0696. The summed E-state index contributed by atoms with van der Waals surface area (Å²) in [5, 5.41) is 0. The number of esters is 2. The molecule has 0 spiro atoms. The number of carbonyl (C=O) groups is 2. The first-order valence-corrected chi connectivity index (χ1v) is 12.8. The minimum atomic E-state index is -0.556. The van der Waals surface area contributed by atoms with Gasteiger partial charge in [0.2, 0.25) is 0 Å². The molecule has 6 heteroatoms. The predicted molar refractivity (Wildman–Crippen MR) is 134 cm³/mol. The Hall–Kier alpha value is -2.18. The van der Waals surface area contributed by atoms with E-state index < -0.39 is 11.2 Å². The lowest BCUT2D eigenvalue weighted by molar-refractivity contribution is -0.167. The van der Waals surface area contributed by atoms with Crippen LogP contribution in [0.3, 0.4) is 0 Å². The zero-order chi connectivity index (χ0) is 24.8. The molecule has 0 amide bonds. The average molecular weight is 471 g/mol. The van der Waals surface area contributed by atoms with E-state index in [0.29, 0.717) is 18.9 Å². The first-order chi connectivity index (χ1) is 16.2. The molecule has 2 heterocycles. The minimum Gasteiger partial charge on any atom is -0.454 e. The summed E-state index contributed by atoms with van der Waals surface area (Å²) in [5.41, 5.74) is -0.0320. The smallest absolute Gasteiger partial charge is 0.306 e. The minimum absolute atomic E-state index is 0.142. The molecule has 3 rings (SSSR count). The van der Waals surface area contributed by atoms with Crippen LogP contribution < -0.4 is 0 Å². The van der Waals surface area contributed by atoms with E-state index in [1.165, 1.54) is 0 Å². The van der Waals surface area contributed by atoms with Crippen molar-refractivity contribution in [1.29, 1.82) is 0 Å². The van der Waals surface area contributed by atoms with Gasteiger partial charge in [0.1, 0.15) is 11.2 Å². The van der Waals surface area contributed by atoms with Gasteiger partial charge in [-0.1, -0.05) is 57.2 Å². The van der Waals surface area contributed by atoms with Gasteiger partial charge in [-0.05, 0) is 25.6 Å². The monoisotopic (exact) mass is 470 g/mol. The van der Waals surface area contributed by atoms with Gasteiger partial charge < -0.3 is 14.4 Å². The molecule has 2 saturated heterocycles. The van der Waals surface area contributed by atoms with Crippen LogP contribution in [0.4, 0.5) is 0 Å². The summed E-state index contributed by atoms with van der Waals surface area (Å²) in [6, 6.07) is 10.5. The van der Waals surface area contributed by atoms with Crippen LogP contribution in [-0.4, -0.2) is 66.6 Å². The lowest BCUT2D eigenvalue weighted by atomic mass is 9.78. The second-order valence-corrected chi connectivity index (χ2v) is 10.1. The summed E-state index contributed by atoms with van der Waals surface area (Å²) in [7, 11) is 2.13. The summed E-state index contributed by atoms with van der Waals surface area (Å²) in [4.78, 5) is 29.2. The lowest BCUT2D eigenvalue weighted by Crippen LogP contribution is -2.54. The fourth-order valence-electron chi connectivity index (χ4n) is 5.26. The zero-order valence-electron chi connectivity index (χ0n) is 21.6. The molecule has 0 aromatic heterocycles. The molecule has 0 saturated carbocycles. The van der Waals surface area contributed by atoms with Crippen molar-refractivity contribution in [2.75, 3.05) is 33.2 Å². The number of ether oxygens (including phenoxy) is 2. The largest absolute Gasteiger partial charge is 0.454 e. The van der Waals surface area contributed by atoms with Crippen molar-refractivity contribution in [2.24, 2.45) is 5.92 Å². The molecule has 2 aliphatic heterocycles. The van der Waals surface area contributed by atoms with E-state index in [0.717, 1.165) is 51.0 Å². The van der Waals surface area contributed by atoms with Gasteiger partial charge in [-0.15, -0.1) is 0 Å². The Bertz CT molecular complexity index is 847. The quantitative estimate of drug-likeness (QED) is 0.411. The molecule has 3 unspecified atom stereocenters. The van der Waals surface area contributed by atoms with Gasteiger partial charge >= 0.3 is 11.9 Å². The molecule has 1 aromatic carbocycles. The molecular formula is C28H42N2O4. The number of likely N-dealkylation sites (tertiary alicyclic amines) is 2. The summed E-state index contributed by atoms with van der Waals surface area (Å²) in [6.07, 6.45) is 7.42. The maximum Gasteiger partial charge on any atom is 0.306 e. The Morgan fingerprint density at radius 2 is 1.65 bits per heavy atom. The number of hydrogen-bond acceptors (Lipinski definition) is 6. The Morgan fingerprint density at radius 3 is 2.26 bits per heavy atom. The van der Waals surface area contributed by atoms with E-state index in [-0.39, 0.29) is 17.9 Å². The van der Waals surface area contributed by atoms with Gasteiger partial charge in [-0.3, -0.25) is 14.5 Å². The molecule has 3 atom stereocenters. The molecule has 2 fully saturated rings. The van der Waals surface area contributed by atoms with E-state index in [4.69, 9.17) is 9.47 Å². The van der Waals surface area contributed by atoms with Crippen LogP contribution in [0.25, 0.3) is 0 Å². The molecule has 34 heavy (non-hydrogen) atoms. The van der Waals surface area contributed by atoms with Gasteiger partial charge in [0.25, 0.3) is 0 Å². The van der Waals surface area contributed by atoms with E-state index in [2.05, 4.69) is 55.0 Å². The molecule has 0 bridgehead atoms. The number of carbonyl (C=O) groups excluding carboxylic acids is 2. The van der Waals surface area contributed by atoms with Gasteiger partial charge in [0, 0.05) is 70.2 Å². The summed E-state index contributed by atoms with van der Waals surface area (Å²) in [6.45, 7) is 11.4. The van der Waals surface area contributed by atoms with Crippen molar-refractivity contribution in [1.82, 2.24) is 9.80 Å². The van der Waals surface area contributed by atoms with Gasteiger partial charge in [-0.25, -0.2) is 0 Å². The first-order valence-electron chi connectivity index (χ1n) is 12.8. The summed E-state index contributed by atoms with van der Waals surface area (Å²) < 4.78 is 12.1. The number of benzene rings is 1. The highest BCUT2D eigenvalue weighted by Crippen LogP contribution is 2.38. The second-order valence-electron chi connectivity index (χ2n) is 10.1. The SMILES string of the molecule is CCC(=O)OC1(c2ccccc2)CCN(C/C=C\C2(OC(=O)CC)CC(C)N(C)CC2C)CC1. The lowest BCUT2D eigenvalue weighted by Gasteiger charge is -2.46.